The van der Waals surface area contributed by atoms with Crippen molar-refractivity contribution in [3.8, 4) is 0 Å². The van der Waals surface area contributed by atoms with Gasteiger partial charge in [0.15, 0.2) is 10.3 Å². The molecule has 3 rings (SSSR count). The number of nitrogens with two attached hydrogens (primary N) is 2. The van der Waals surface area contributed by atoms with E-state index in [1.807, 2.05) is 0 Å². The second-order valence-electron chi connectivity index (χ2n) is 4.47. The van der Waals surface area contributed by atoms with Gasteiger partial charge in [0.1, 0.15) is 17.5 Å². The van der Waals surface area contributed by atoms with Gasteiger partial charge in [-0.25, -0.2) is 19.3 Å². The Bertz CT molecular complexity index is 864. The molecule has 0 radical (unpaired) electrons. The fourth-order valence-electron chi connectivity index (χ4n) is 1.76. The smallest absolute Gasteiger partial charge is 0.236 e. The van der Waals surface area contributed by atoms with E-state index in [1.54, 1.807) is 6.07 Å². The summed E-state index contributed by atoms with van der Waals surface area (Å²) in [5, 5.41) is 3.39. The lowest BCUT2D eigenvalue weighted by atomic mass is 10.3. The van der Waals surface area contributed by atoms with Crippen molar-refractivity contribution in [1.29, 1.82) is 0 Å². The fourth-order valence-corrected chi connectivity index (χ4v) is 3.34. The van der Waals surface area contributed by atoms with E-state index in [2.05, 4.69) is 20.3 Å². The number of thioether (sulfide) groups is 1. The standard InChI is InChI=1S/C13H11FN6OS2/c14-6-1-2-7-8(3-6)23-13(17-7)20-11(21)5-22-12-18-9(15)4-10(16)19-12/h1-4H,5H2,(H,17,20,21)(H4,15,16,18,19). The lowest BCUT2D eigenvalue weighted by Gasteiger charge is -2.02. The van der Waals surface area contributed by atoms with Gasteiger partial charge in [0, 0.05) is 6.07 Å². The highest BCUT2D eigenvalue weighted by Crippen LogP contribution is 2.26. The summed E-state index contributed by atoms with van der Waals surface area (Å²) >= 11 is 2.31. The quantitative estimate of drug-likeness (QED) is 0.487. The number of hydrogen-bond donors (Lipinski definition) is 3. The van der Waals surface area contributed by atoms with E-state index in [-0.39, 0.29) is 29.1 Å². The molecule has 0 unspecified atom stereocenters. The molecule has 23 heavy (non-hydrogen) atoms. The van der Waals surface area contributed by atoms with Crippen molar-refractivity contribution in [3.05, 3.63) is 30.1 Å². The molecule has 0 aliphatic heterocycles. The minimum Gasteiger partial charge on any atom is -0.383 e. The molecule has 0 bridgehead atoms. The number of anilines is 3. The van der Waals surface area contributed by atoms with Gasteiger partial charge < -0.3 is 16.8 Å². The Morgan fingerprint density at radius 1 is 1.22 bits per heavy atom. The number of nitrogens with one attached hydrogen (secondary N) is 1. The van der Waals surface area contributed by atoms with Gasteiger partial charge >= 0.3 is 0 Å². The number of thiazole rings is 1. The first-order valence-corrected chi connectivity index (χ1v) is 8.18. The molecule has 2 aromatic heterocycles. The topological polar surface area (TPSA) is 120 Å². The molecule has 5 N–H and O–H groups in total. The van der Waals surface area contributed by atoms with E-state index in [0.717, 1.165) is 11.8 Å². The Balaban J connectivity index is 1.64. The van der Waals surface area contributed by atoms with Crippen molar-refractivity contribution in [1.82, 2.24) is 15.0 Å². The second kappa shape index (κ2) is 6.34. The first-order valence-electron chi connectivity index (χ1n) is 6.38. The van der Waals surface area contributed by atoms with Crippen LogP contribution in [0.5, 0.6) is 0 Å². The van der Waals surface area contributed by atoms with Crippen LogP contribution < -0.4 is 16.8 Å². The number of nitrogens with zero attached hydrogens (tertiary/aromatic N) is 3. The first-order chi connectivity index (χ1) is 11.0. The third kappa shape index (κ3) is 3.85. The Kier molecular flexibility index (Phi) is 4.26. The van der Waals surface area contributed by atoms with Gasteiger partial charge in [0.05, 0.1) is 16.0 Å². The van der Waals surface area contributed by atoms with Crippen molar-refractivity contribution in [2.45, 2.75) is 5.16 Å². The van der Waals surface area contributed by atoms with Crippen LogP contribution in [0.4, 0.5) is 21.2 Å². The summed E-state index contributed by atoms with van der Waals surface area (Å²) in [6.45, 7) is 0. The number of carbonyl (C=O) groups is 1. The number of amides is 1. The van der Waals surface area contributed by atoms with Gasteiger partial charge in [0.2, 0.25) is 5.91 Å². The highest BCUT2D eigenvalue weighted by Gasteiger charge is 2.10. The minimum atomic E-state index is -0.342. The summed E-state index contributed by atoms with van der Waals surface area (Å²) in [4.78, 5) is 24.1. The zero-order valence-corrected chi connectivity index (χ0v) is 13.2. The molecule has 0 aliphatic carbocycles. The van der Waals surface area contributed by atoms with Crippen molar-refractivity contribution in [3.63, 3.8) is 0 Å². The number of fused-ring (bicyclic) bond motifs is 1. The normalized spacial score (nSPS) is 10.8. The maximum Gasteiger partial charge on any atom is 0.236 e. The predicted octanol–water partition coefficient (Wildman–Crippen LogP) is 2.12. The number of hydrogen-bond acceptors (Lipinski definition) is 8. The molecule has 0 aliphatic rings. The van der Waals surface area contributed by atoms with E-state index >= 15 is 0 Å². The van der Waals surface area contributed by atoms with Crippen molar-refractivity contribution in [2.24, 2.45) is 0 Å². The van der Waals surface area contributed by atoms with Crippen LogP contribution in [0.15, 0.2) is 29.4 Å². The maximum atomic E-state index is 13.1. The van der Waals surface area contributed by atoms with E-state index < -0.39 is 0 Å². The average molecular weight is 350 g/mol. The van der Waals surface area contributed by atoms with Crippen LogP contribution in [-0.4, -0.2) is 26.6 Å². The van der Waals surface area contributed by atoms with Gasteiger partial charge in [-0.1, -0.05) is 23.1 Å². The molecule has 118 valence electrons. The molecule has 10 heteroatoms. The molecule has 0 atom stereocenters. The summed E-state index contributed by atoms with van der Waals surface area (Å²) in [6.07, 6.45) is 0. The van der Waals surface area contributed by atoms with Gasteiger partial charge in [-0.15, -0.1) is 0 Å². The van der Waals surface area contributed by atoms with Crippen LogP contribution in [0, 0.1) is 5.82 Å². The van der Waals surface area contributed by atoms with Gasteiger partial charge in [-0.2, -0.15) is 0 Å². The zero-order chi connectivity index (χ0) is 16.4. The number of nitrogen functional groups attached to an aromatic ring is 2. The Labute approximate surface area is 138 Å². The third-order valence-electron chi connectivity index (χ3n) is 2.67. The van der Waals surface area contributed by atoms with Crippen molar-refractivity contribution >= 4 is 56.0 Å². The molecule has 1 aromatic carbocycles. The van der Waals surface area contributed by atoms with Gasteiger partial charge in [-0.3, -0.25) is 4.79 Å². The highest BCUT2D eigenvalue weighted by molar-refractivity contribution is 7.99. The van der Waals surface area contributed by atoms with Crippen LogP contribution in [0.1, 0.15) is 0 Å². The summed E-state index contributed by atoms with van der Waals surface area (Å²) in [5.41, 5.74) is 11.8. The molecule has 0 saturated carbocycles. The molecule has 1 amide bonds. The van der Waals surface area contributed by atoms with E-state index in [4.69, 9.17) is 11.5 Å². The summed E-state index contributed by atoms with van der Waals surface area (Å²) in [5.74, 6) is -0.0555. The molecular weight excluding hydrogens is 339 g/mol. The predicted molar refractivity (Wildman–Crippen MR) is 89.8 cm³/mol. The van der Waals surface area contributed by atoms with Crippen LogP contribution in [0.25, 0.3) is 10.2 Å². The highest BCUT2D eigenvalue weighted by atomic mass is 32.2. The third-order valence-corrected chi connectivity index (χ3v) is 4.46. The second-order valence-corrected chi connectivity index (χ2v) is 6.44. The summed E-state index contributed by atoms with van der Waals surface area (Å²) < 4.78 is 13.8. The molecule has 2 heterocycles. The van der Waals surface area contributed by atoms with E-state index in [9.17, 15) is 9.18 Å². The number of carbonyl (C=O) groups excluding carboxylic acids is 1. The Hall–Kier alpha value is -2.46. The number of benzene rings is 1. The molecule has 3 aromatic rings. The van der Waals surface area contributed by atoms with Gasteiger partial charge in [0.25, 0.3) is 0 Å². The first kappa shape index (κ1) is 15.4. The number of rotatable bonds is 4. The Morgan fingerprint density at radius 2 is 1.96 bits per heavy atom. The van der Waals surface area contributed by atoms with Crippen LogP contribution in [0.3, 0.4) is 0 Å². The molecule has 7 nitrogen and oxygen atoms in total. The lowest BCUT2D eigenvalue weighted by molar-refractivity contribution is -0.113. The van der Waals surface area contributed by atoms with Gasteiger partial charge in [-0.05, 0) is 18.2 Å². The molecule has 0 fully saturated rings. The lowest BCUT2D eigenvalue weighted by Crippen LogP contribution is -2.14. The summed E-state index contributed by atoms with van der Waals surface area (Å²) in [7, 11) is 0. The number of halogens is 1. The van der Waals surface area contributed by atoms with Crippen molar-refractivity contribution < 1.29 is 9.18 Å². The maximum absolute atomic E-state index is 13.1. The fraction of sp³-hybridized carbons (Fsp3) is 0.0769. The molecular formula is C13H11FN6OS2. The average Bonchev–Trinajstić information content (AvgIpc) is 2.85. The van der Waals surface area contributed by atoms with Crippen LogP contribution in [0.2, 0.25) is 0 Å². The monoisotopic (exact) mass is 350 g/mol. The van der Waals surface area contributed by atoms with Crippen molar-refractivity contribution in [2.75, 3.05) is 22.5 Å². The van der Waals surface area contributed by atoms with E-state index in [0.29, 0.717) is 20.5 Å². The number of aromatic nitrogens is 3. The molecule has 0 saturated heterocycles. The largest absolute Gasteiger partial charge is 0.383 e. The Morgan fingerprint density at radius 3 is 2.70 bits per heavy atom. The van der Waals surface area contributed by atoms with E-state index in [1.165, 1.54) is 29.5 Å². The van der Waals surface area contributed by atoms with Crippen LogP contribution >= 0.6 is 23.1 Å². The molecule has 0 spiro atoms. The van der Waals surface area contributed by atoms with Crippen LogP contribution in [-0.2, 0) is 4.79 Å². The summed E-state index contributed by atoms with van der Waals surface area (Å²) in [6, 6.07) is 5.70. The zero-order valence-electron chi connectivity index (χ0n) is 11.6. The SMILES string of the molecule is Nc1cc(N)nc(SCC(=O)Nc2nc3ccc(F)cc3s2)n1. The minimum absolute atomic E-state index is 0.0766.